The van der Waals surface area contributed by atoms with Gasteiger partial charge in [0.2, 0.25) is 10.0 Å². The van der Waals surface area contributed by atoms with Gasteiger partial charge in [-0.15, -0.1) is 0 Å². The van der Waals surface area contributed by atoms with E-state index in [9.17, 15) is 18.0 Å². The van der Waals surface area contributed by atoms with E-state index in [0.29, 0.717) is 69.5 Å². The first-order chi connectivity index (χ1) is 25.2. The van der Waals surface area contributed by atoms with E-state index in [1.54, 1.807) is 61.2 Å². The van der Waals surface area contributed by atoms with E-state index in [2.05, 4.69) is 6.58 Å². The summed E-state index contributed by atoms with van der Waals surface area (Å²) in [4.78, 5) is 33.1. The van der Waals surface area contributed by atoms with Crippen molar-refractivity contribution in [3.05, 3.63) is 140 Å². The molecular formula is C38H35N5O7S2. The number of allylic oxidation sites excluding steroid dienone is 1. The van der Waals surface area contributed by atoms with Crippen molar-refractivity contribution in [2.45, 2.75) is 17.9 Å². The quantitative estimate of drug-likeness (QED) is 0.156. The summed E-state index contributed by atoms with van der Waals surface area (Å²) in [6.45, 7) is 6.66. The van der Waals surface area contributed by atoms with Crippen LogP contribution in [0.3, 0.4) is 0 Å². The summed E-state index contributed by atoms with van der Waals surface area (Å²) in [5, 5.41) is 4.89. The van der Waals surface area contributed by atoms with Crippen molar-refractivity contribution in [2.24, 2.45) is 4.99 Å². The van der Waals surface area contributed by atoms with Gasteiger partial charge in [0.15, 0.2) is 4.80 Å². The molecule has 0 N–H and O–H groups in total. The number of para-hydroxylation sites is 1. The molecule has 1 atom stereocenters. The Hall–Kier alpha value is -5.41. The number of rotatable bonds is 10. The Morgan fingerprint density at radius 2 is 1.75 bits per heavy atom. The number of aromatic nitrogens is 3. The minimum Gasteiger partial charge on any atom is -0.497 e. The highest BCUT2D eigenvalue weighted by Crippen LogP contribution is 2.32. The van der Waals surface area contributed by atoms with E-state index in [4.69, 9.17) is 24.3 Å². The van der Waals surface area contributed by atoms with E-state index >= 15 is 0 Å². The second-order valence-corrected chi connectivity index (χ2v) is 14.9. The van der Waals surface area contributed by atoms with Crippen LogP contribution in [0.15, 0.2) is 124 Å². The first-order valence-electron chi connectivity index (χ1n) is 16.5. The topological polar surface area (TPSA) is 134 Å². The zero-order chi connectivity index (χ0) is 36.4. The molecule has 266 valence electrons. The minimum atomic E-state index is -3.70. The van der Waals surface area contributed by atoms with Gasteiger partial charge in [-0.25, -0.2) is 22.9 Å². The molecule has 0 radical (unpaired) electrons. The van der Waals surface area contributed by atoms with Crippen LogP contribution in [0.1, 0.15) is 24.1 Å². The number of carbonyl (C=O) groups is 1. The van der Waals surface area contributed by atoms with Crippen molar-refractivity contribution < 1.29 is 27.4 Å². The summed E-state index contributed by atoms with van der Waals surface area (Å²) in [7, 11) is -2.13. The molecule has 14 heteroatoms. The lowest BCUT2D eigenvalue weighted by atomic mass is 9.96. The van der Waals surface area contributed by atoms with Gasteiger partial charge in [0.25, 0.3) is 5.56 Å². The van der Waals surface area contributed by atoms with Gasteiger partial charge in [-0.2, -0.15) is 9.40 Å². The normalized spacial score (nSPS) is 16.7. The van der Waals surface area contributed by atoms with Crippen molar-refractivity contribution in [3.63, 3.8) is 0 Å². The summed E-state index contributed by atoms with van der Waals surface area (Å²) in [5.41, 5.74) is 3.64. The molecule has 5 aromatic rings. The number of benzene rings is 3. The van der Waals surface area contributed by atoms with Gasteiger partial charge in [-0.1, -0.05) is 66.5 Å². The predicted octanol–water partition coefficient (Wildman–Crippen LogP) is 3.85. The Morgan fingerprint density at radius 3 is 2.42 bits per heavy atom. The minimum absolute atomic E-state index is 0.00364. The molecule has 0 spiro atoms. The predicted molar refractivity (Wildman–Crippen MR) is 196 cm³/mol. The largest absolute Gasteiger partial charge is 0.497 e. The van der Waals surface area contributed by atoms with Gasteiger partial charge >= 0.3 is 5.97 Å². The van der Waals surface area contributed by atoms with Crippen LogP contribution in [-0.4, -0.2) is 73.1 Å². The first-order valence-corrected chi connectivity index (χ1v) is 18.7. The molecule has 1 fully saturated rings. The second-order valence-electron chi connectivity index (χ2n) is 12.0. The standard InChI is InChI=1S/C38H35N5O7S2/c1-4-20-50-37(45)33-25(2)39-38-43(35(33)27-10-14-30(48-3)15-11-27)36(44)32(51-38)23-28-24-42(29-8-6-5-7-9-29)40-34(28)26-12-16-31(17-13-26)52(46,47)41-18-21-49-22-19-41/h4-17,23-24,35H,1,18-22H2,2-3H3/b32-23-. The molecule has 3 aromatic carbocycles. The van der Waals surface area contributed by atoms with Crippen LogP contribution in [0.5, 0.6) is 5.75 Å². The molecule has 12 nitrogen and oxygen atoms in total. The molecule has 4 heterocycles. The summed E-state index contributed by atoms with van der Waals surface area (Å²) in [6.07, 6.45) is 5.06. The Kier molecular flexibility index (Phi) is 9.88. The van der Waals surface area contributed by atoms with Crippen molar-refractivity contribution in [3.8, 4) is 22.7 Å². The van der Waals surface area contributed by atoms with Crippen molar-refractivity contribution in [1.82, 2.24) is 18.7 Å². The molecule has 2 aliphatic rings. The van der Waals surface area contributed by atoms with Crippen LogP contribution in [0.4, 0.5) is 0 Å². The highest BCUT2D eigenvalue weighted by Gasteiger charge is 2.33. The van der Waals surface area contributed by atoms with Gasteiger partial charge in [-0.3, -0.25) is 9.36 Å². The number of methoxy groups -OCH3 is 1. The zero-order valence-corrected chi connectivity index (χ0v) is 30.1. The molecule has 0 amide bonds. The first kappa shape index (κ1) is 35.0. The maximum absolute atomic E-state index is 14.4. The maximum Gasteiger partial charge on any atom is 0.338 e. The van der Waals surface area contributed by atoms with Gasteiger partial charge in [0, 0.05) is 30.4 Å². The van der Waals surface area contributed by atoms with Crippen molar-refractivity contribution in [2.75, 3.05) is 40.0 Å². The zero-order valence-electron chi connectivity index (χ0n) is 28.5. The van der Waals surface area contributed by atoms with E-state index in [0.717, 1.165) is 5.69 Å². The van der Waals surface area contributed by atoms with Crippen molar-refractivity contribution >= 4 is 33.4 Å². The van der Waals surface area contributed by atoms with Crippen LogP contribution < -0.4 is 19.6 Å². The van der Waals surface area contributed by atoms with Gasteiger partial charge in [-0.05, 0) is 55.0 Å². The number of hydrogen-bond donors (Lipinski definition) is 0. The number of thiazole rings is 1. The van der Waals surface area contributed by atoms with Crippen LogP contribution in [0.2, 0.25) is 0 Å². The van der Waals surface area contributed by atoms with Crippen molar-refractivity contribution in [1.29, 1.82) is 0 Å². The van der Waals surface area contributed by atoms with E-state index in [1.807, 2.05) is 48.7 Å². The molecule has 0 bridgehead atoms. The van der Waals surface area contributed by atoms with Crippen LogP contribution >= 0.6 is 11.3 Å². The van der Waals surface area contributed by atoms with E-state index < -0.39 is 22.0 Å². The van der Waals surface area contributed by atoms with Gasteiger partial charge < -0.3 is 14.2 Å². The highest BCUT2D eigenvalue weighted by molar-refractivity contribution is 7.89. The number of ether oxygens (including phenoxy) is 3. The van der Waals surface area contributed by atoms with E-state index in [1.165, 1.54) is 26.3 Å². The lowest BCUT2D eigenvalue weighted by molar-refractivity contribution is -0.138. The average molecular weight is 738 g/mol. The lowest BCUT2D eigenvalue weighted by Crippen LogP contribution is -2.40. The van der Waals surface area contributed by atoms with E-state index in [-0.39, 0.29) is 22.6 Å². The second kappa shape index (κ2) is 14.7. The molecule has 2 aliphatic heterocycles. The Labute approximate surface area is 303 Å². The molecule has 7 rings (SSSR count). The summed E-state index contributed by atoms with van der Waals surface area (Å²) in [5.74, 6) is 0.0316. The number of fused-ring (bicyclic) bond motifs is 1. The number of esters is 1. The molecule has 1 saturated heterocycles. The Bertz CT molecular complexity index is 2460. The highest BCUT2D eigenvalue weighted by atomic mass is 32.2. The summed E-state index contributed by atoms with van der Waals surface area (Å²) >= 11 is 1.20. The van der Waals surface area contributed by atoms with Crippen LogP contribution in [-0.2, 0) is 24.3 Å². The Balaban J connectivity index is 1.35. The number of carbonyl (C=O) groups excluding carboxylic acids is 1. The lowest BCUT2D eigenvalue weighted by Gasteiger charge is -2.26. The fourth-order valence-corrected chi connectivity index (χ4v) is 8.63. The smallest absolute Gasteiger partial charge is 0.338 e. The van der Waals surface area contributed by atoms with Crippen LogP contribution in [0.25, 0.3) is 23.0 Å². The molecule has 2 aromatic heterocycles. The fourth-order valence-electron chi connectivity index (χ4n) is 6.19. The summed E-state index contributed by atoms with van der Waals surface area (Å²) < 4.78 is 47.8. The monoisotopic (exact) mass is 737 g/mol. The maximum atomic E-state index is 14.4. The Morgan fingerprint density at radius 1 is 1.04 bits per heavy atom. The van der Waals surface area contributed by atoms with Crippen LogP contribution in [0, 0.1) is 0 Å². The average Bonchev–Trinajstić information content (AvgIpc) is 3.74. The fraction of sp³-hybridized carbons (Fsp3) is 0.211. The number of morpholine rings is 1. The third kappa shape index (κ3) is 6.68. The molecule has 1 unspecified atom stereocenters. The molecule has 52 heavy (non-hydrogen) atoms. The SMILES string of the molecule is C=CCOC(=O)C1=C(C)N=c2s/c(=C\c3cn(-c4ccccc4)nc3-c3ccc(S(=O)(=O)N4CCOCC4)cc3)c(=O)n2C1c1ccc(OC)cc1. The summed E-state index contributed by atoms with van der Waals surface area (Å²) in [6, 6.07) is 22.5. The number of hydrogen-bond acceptors (Lipinski definition) is 10. The third-order valence-corrected chi connectivity index (χ3v) is 11.7. The third-order valence-electron chi connectivity index (χ3n) is 8.79. The van der Waals surface area contributed by atoms with Gasteiger partial charge in [0.05, 0.1) is 58.4 Å². The molecule has 0 aliphatic carbocycles. The molecule has 0 saturated carbocycles. The number of nitrogens with zero attached hydrogens (tertiary/aromatic N) is 5. The molecular weight excluding hydrogens is 703 g/mol. The number of sulfonamides is 1. The van der Waals surface area contributed by atoms with Gasteiger partial charge in [0.1, 0.15) is 12.4 Å².